The summed E-state index contributed by atoms with van der Waals surface area (Å²) in [7, 11) is 3.75. The first kappa shape index (κ1) is 28.0. The third-order valence-electron chi connectivity index (χ3n) is 3.21. The summed E-state index contributed by atoms with van der Waals surface area (Å²) in [6.45, 7) is 7.40. The van der Waals surface area contributed by atoms with Crippen LogP contribution in [0.5, 0.6) is 5.75 Å². The van der Waals surface area contributed by atoms with Gasteiger partial charge in [-0.15, -0.1) is 0 Å². The highest BCUT2D eigenvalue weighted by molar-refractivity contribution is 5.27. The van der Waals surface area contributed by atoms with Gasteiger partial charge >= 0.3 is 0 Å². The first-order valence-electron chi connectivity index (χ1n) is 9.23. The van der Waals surface area contributed by atoms with Gasteiger partial charge in [-0.05, 0) is 31.8 Å². The van der Waals surface area contributed by atoms with Crippen LogP contribution in [-0.2, 0) is 11.3 Å². The van der Waals surface area contributed by atoms with E-state index < -0.39 is 37.3 Å². The number of aliphatic hydroxyl groups excluding tert-OH is 5. The molecule has 0 aromatic heterocycles. The number of rotatable bonds is 4. The second-order valence-corrected chi connectivity index (χ2v) is 5.12. The van der Waals surface area contributed by atoms with Crippen molar-refractivity contribution in [3.8, 4) is 5.75 Å². The van der Waals surface area contributed by atoms with Crippen LogP contribution in [0.1, 0.15) is 33.3 Å². The molecule has 5 atom stereocenters. The number of aliphatic hydroxyl groups is 5. The lowest BCUT2D eigenvalue weighted by Crippen LogP contribution is -2.60. The van der Waals surface area contributed by atoms with E-state index in [1.165, 1.54) is 0 Å². The molecule has 1 heterocycles. The minimum Gasteiger partial charge on any atom is -0.462 e. The first-order valence-corrected chi connectivity index (χ1v) is 9.23. The highest BCUT2D eigenvalue weighted by Crippen LogP contribution is 2.24. The Morgan fingerprint density at radius 1 is 0.889 bits per heavy atom. The molecule has 1 aliphatic heterocycles. The Morgan fingerprint density at radius 2 is 1.37 bits per heavy atom. The van der Waals surface area contributed by atoms with Crippen molar-refractivity contribution >= 4 is 0 Å². The van der Waals surface area contributed by atoms with Gasteiger partial charge in [0.2, 0.25) is 6.29 Å². The normalized spacial score (nSPS) is 26.3. The summed E-state index contributed by atoms with van der Waals surface area (Å²) >= 11 is 0. The molecule has 8 nitrogen and oxygen atoms in total. The molecule has 1 aromatic rings. The number of nitrogens with one attached hydrogen (secondary N) is 1. The minimum absolute atomic E-state index is 0.0969. The lowest BCUT2D eigenvalue weighted by atomic mass is 9.99. The summed E-state index contributed by atoms with van der Waals surface area (Å²) in [5.74, 6) is 0.367. The highest BCUT2D eigenvalue weighted by Gasteiger charge is 2.44. The zero-order valence-electron chi connectivity index (χ0n) is 17.2. The molecule has 160 valence electrons. The smallest absolute Gasteiger partial charge is 0.229 e. The van der Waals surface area contributed by atoms with Crippen molar-refractivity contribution < 1.29 is 35.0 Å². The standard InChI is InChI=1S/C13H18O7.C2H7N.2C2H6/c14-5-7-1-3-8(4-2-7)19-13-12(18)11(17)10(16)9(6-15)20-13;1-3-2;2*1-2/h1-4,9-18H,5-6H2;3H,1-2H3;2*1-2H3. The Labute approximate surface area is 162 Å². The van der Waals surface area contributed by atoms with Crippen LogP contribution in [0.4, 0.5) is 0 Å². The molecule has 1 aromatic carbocycles. The van der Waals surface area contributed by atoms with E-state index in [1.54, 1.807) is 24.3 Å². The summed E-state index contributed by atoms with van der Waals surface area (Å²) in [4.78, 5) is 0. The third kappa shape index (κ3) is 9.48. The molecule has 6 N–H and O–H groups in total. The Kier molecular flexibility index (Phi) is 17.5. The monoisotopic (exact) mass is 391 g/mol. The van der Waals surface area contributed by atoms with Gasteiger partial charge in [-0.3, -0.25) is 0 Å². The van der Waals surface area contributed by atoms with Gasteiger partial charge in [-0.1, -0.05) is 39.8 Å². The topological polar surface area (TPSA) is 132 Å². The molecular formula is C19H37NO7. The van der Waals surface area contributed by atoms with E-state index in [1.807, 2.05) is 41.8 Å². The molecular weight excluding hydrogens is 354 g/mol. The third-order valence-corrected chi connectivity index (χ3v) is 3.21. The summed E-state index contributed by atoms with van der Waals surface area (Å²) < 4.78 is 10.6. The van der Waals surface area contributed by atoms with Crippen molar-refractivity contribution in [2.45, 2.75) is 65.0 Å². The molecule has 27 heavy (non-hydrogen) atoms. The first-order chi connectivity index (χ1) is 13.0. The Hall–Kier alpha value is -1.26. The van der Waals surface area contributed by atoms with E-state index in [-0.39, 0.29) is 6.61 Å². The second-order valence-electron chi connectivity index (χ2n) is 5.12. The molecule has 1 aliphatic rings. The fourth-order valence-electron chi connectivity index (χ4n) is 1.97. The van der Waals surface area contributed by atoms with E-state index in [4.69, 9.17) is 19.7 Å². The van der Waals surface area contributed by atoms with Crippen molar-refractivity contribution in [1.82, 2.24) is 5.32 Å². The largest absolute Gasteiger partial charge is 0.462 e. The lowest BCUT2D eigenvalue weighted by molar-refractivity contribution is -0.277. The predicted molar refractivity (Wildman–Crippen MR) is 104 cm³/mol. The fraction of sp³-hybridized carbons (Fsp3) is 0.684. The van der Waals surface area contributed by atoms with Gasteiger partial charge in [-0.25, -0.2) is 0 Å². The van der Waals surface area contributed by atoms with Crippen LogP contribution in [0, 0.1) is 0 Å². The van der Waals surface area contributed by atoms with E-state index in [2.05, 4.69) is 5.32 Å². The average Bonchev–Trinajstić information content (AvgIpc) is 2.72. The maximum absolute atomic E-state index is 9.80. The van der Waals surface area contributed by atoms with Crippen LogP contribution in [0.2, 0.25) is 0 Å². The van der Waals surface area contributed by atoms with Gasteiger partial charge in [0.1, 0.15) is 30.2 Å². The van der Waals surface area contributed by atoms with Crippen LogP contribution < -0.4 is 10.1 Å². The summed E-state index contributed by atoms with van der Waals surface area (Å²) in [6, 6.07) is 6.43. The average molecular weight is 392 g/mol. The molecule has 2 rings (SSSR count). The van der Waals surface area contributed by atoms with E-state index in [9.17, 15) is 15.3 Å². The number of hydrogen-bond acceptors (Lipinski definition) is 8. The van der Waals surface area contributed by atoms with Crippen molar-refractivity contribution in [3.05, 3.63) is 29.8 Å². The van der Waals surface area contributed by atoms with E-state index in [0.717, 1.165) is 0 Å². The van der Waals surface area contributed by atoms with Crippen molar-refractivity contribution in [1.29, 1.82) is 0 Å². The molecule has 1 saturated heterocycles. The number of benzene rings is 1. The second kappa shape index (κ2) is 16.9. The SMILES string of the molecule is CC.CC.CNC.OCc1ccc(OC2OC(CO)C(O)C(O)C2O)cc1. The molecule has 1 fully saturated rings. The molecule has 8 heteroatoms. The van der Waals surface area contributed by atoms with Crippen LogP contribution >= 0.6 is 0 Å². The van der Waals surface area contributed by atoms with Gasteiger partial charge in [0.15, 0.2) is 0 Å². The molecule has 0 bridgehead atoms. The Balaban J connectivity index is 0. The number of hydrogen-bond donors (Lipinski definition) is 6. The van der Waals surface area contributed by atoms with Crippen molar-refractivity contribution in [2.75, 3.05) is 20.7 Å². The quantitative estimate of drug-likeness (QED) is 0.430. The predicted octanol–water partition coefficient (Wildman–Crippen LogP) is 0.246. The Morgan fingerprint density at radius 3 is 1.78 bits per heavy atom. The molecule has 0 amide bonds. The van der Waals surface area contributed by atoms with Crippen LogP contribution in [-0.4, -0.2) is 76.9 Å². The van der Waals surface area contributed by atoms with E-state index in [0.29, 0.717) is 11.3 Å². The lowest BCUT2D eigenvalue weighted by Gasteiger charge is -2.39. The van der Waals surface area contributed by atoms with E-state index >= 15 is 0 Å². The van der Waals surface area contributed by atoms with Gasteiger partial charge in [0, 0.05) is 0 Å². The molecule has 0 spiro atoms. The summed E-state index contributed by atoms with van der Waals surface area (Å²) in [5.41, 5.74) is 0.700. The minimum atomic E-state index is -1.47. The van der Waals surface area contributed by atoms with Gasteiger partial charge in [0.25, 0.3) is 0 Å². The highest BCUT2D eigenvalue weighted by atomic mass is 16.7. The molecule has 0 aliphatic carbocycles. The van der Waals surface area contributed by atoms with Gasteiger partial charge in [0.05, 0.1) is 13.2 Å². The van der Waals surface area contributed by atoms with Crippen molar-refractivity contribution in [3.63, 3.8) is 0 Å². The summed E-state index contributed by atoms with van der Waals surface area (Å²) in [6.07, 6.45) is -6.53. The fourth-order valence-corrected chi connectivity index (χ4v) is 1.97. The van der Waals surface area contributed by atoms with Crippen molar-refractivity contribution in [2.24, 2.45) is 0 Å². The Bertz CT molecular complexity index is 442. The molecule has 0 saturated carbocycles. The van der Waals surface area contributed by atoms with Crippen LogP contribution in [0.3, 0.4) is 0 Å². The van der Waals surface area contributed by atoms with Crippen LogP contribution in [0.15, 0.2) is 24.3 Å². The maximum Gasteiger partial charge on any atom is 0.229 e. The zero-order chi connectivity index (χ0) is 21.4. The maximum atomic E-state index is 9.80. The molecule has 5 unspecified atom stereocenters. The van der Waals surface area contributed by atoms with Crippen LogP contribution in [0.25, 0.3) is 0 Å². The molecule has 0 radical (unpaired) electrons. The summed E-state index contributed by atoms with van der Waals surface area (Å²) in [5, 5.41) is 49.8. The number of ether oxygens (including phenoxy) is 2. The zero-order valence-corrected chi connectivity index (χ0v) is 17.2. The van der Waals surface area contributed by atoms with Gasteiger partial charge < -0.3 is 40.3 Å². The van der Waals surface area contributed by atoms with Gasteiger partial charge in [-0.2, -0.15) is 0 Å².